The SMILES string of the molecule is COc1ccc(OC)c2c1C(=O)C(N)=C(S)C2=O. The highest BCUT2D eigenvalue weighted by Gasteiger charge is 2.34. The topological polar surface area (TPSA) is 78.6 Å². The van der Waals surface area contributed by atoms with Gasteiger partial charge in [0.1, 0.15) is 11.5 Å². The Morgan fingerprint density at radius 1 is 1.00 bits per heavy atom. The number of Topliss-reactive ketones (excluding diaryl/α,β-unsaturated/α-hetero) is 2. The first-order valence-electron chi connectivity index (χ1n) is 5.06. The quantitative estimate of drug-likeness (QED) is 0.785. The van der Waals surface area contributed by atoms with Crippen molar-refractivity contribution in [2.75, 3.05) is 14.2 Å². The normalized spacial score (nSPS) is 14.6. The molecule has 1 aliphatic rings. The van der Waals surface area contributed by atoms with Gasteiger partial charge in [-0.25, -0.2) is 0 Å². The zero-order valence-corrected chi connectivity index (χ0v) is 10.7. The molecule has 0 unspecified atom stereocenters. The lowest BCUT2D eigenvalue weighted by molar-refractivity contribution is 0.0975. The number of carbonyl (C=O) groups excluding carboxylic acids is 2. The van der Waals surface area contributed by atoms with Crippen LogP contribution in [-0.4, -0.2) is 25.8 Å². The Kier molecular flexibility index (Phi) is 3.04. The van der Waals surface area contributed by atoms with E-state index in [1.165, 1.54) is 14.2 Å². The van der Waals surface area contributed by atoms with Gasteiger partial charge < -0.3 is 15.2 Å². The standard InChI is InChI=1S/C12H11NO4S/c1-16-5-3-4-6(17-2)8-7(5)10(14)9(13)12(18)11(8)15/h3-4,18H,13H2,1-2H3. The predicted molar refractivity (Wildman–Crippen MR) is 68.4 cm³/mol. The van der Waals surface area contributed by atoms with Gasteiger partial charge >= 0.3 is 0 Å². The van der Waals surface area contributed by atoms with Gasteiger partial charge in [0.15, 0.2) is 0 Å². The molecule has 18 heavy (non-hydrogen) atoms. The van der Waals surface area contributed by atoms with Gasteiger partial charge in [-0.15, -0.1) is 12.6 Å². The number of nitrogens with two attached hydrogens (primary N) is 1. The lowest BCUT2D eigenvalue weighted by atomic mass is 9.91. The molecule has 0 saturated heterocycles. The fraction of sp³-hybridized carbons (Fsp3) is 0.167. The number of hydrogen-bond acceptors (Lipinski definition) is 6. The smallest absolute Gasteiger partial charge is 0.214 e. The van der Waals surface area contributed by atoms with Gasteiger partial charge in [-0.1, -0.05) is 0 Å². The van der Waals surface area contributed by atoms with Crippen LogP contribution in [0.25, 0.3) is 0 Å². The molecule has 0 saturated carbocycles. The number of carbonyl (C=O) groups is 2. The van der Waals surface area contributed by atoms with E-state index in [1.54, 1.807) is 12.1 Å². The lowest BCUT2D eigenvalue weighted by Gasteiger charge is -2.20. The van der Waals surface area contributed by atoms with Crippen molar-refractivity contribution in [1.82, 2.24) is 0 Å². The molecule has 0 heterocycles. The molecule has 0 aromatic heterocycles. The highest BCUT2D eigenvalue weighted by atomic mass is 32.1. The van der Waals surface area contributed by atoms with E-state index in [4.69, 9.17) is 15.2 Å². The zero-order chi connectivity index (χ0) is 13.4. The average Bonchev–Trinajstić information content (AvgIpc) is 2.40. The number of thiol groups is 1. The minimum atomic E-state index is -0.481. The Hall–Kier alpha value is -1.95. The van der Waals surface area contributed by atoms with Crippen LogP contribution in [0.5, 0.6) is 11.5 Å². The molecule has 94 valence electrons. The van der Waals surface area contributed by atoms with Crippen LogP contribution in [0.15, 0.2) is 22.7 Å². The van der Waals surface area contributed by atoms with Crippen molar-refractivity contribution in [2.24, 2.45) is 5.73 Å². The molecule has 1 aromatic carbocycles. The van der Waals surface area contributed by atoms with Crippen molar-refractivity contribution in [3.8, 4) is 11.5 Å². The third-order valence-electron chi connectivity index (χ3n) is 2.74. The number of hydrogen-bond donors (Lipinski definition) is 2. The number of ketones is 2. The van der Waals surface area contributed by atoms with E-state index in [0.717, 1.165) is 0 Å². The summed E-state index contributed by atoms with van der Waals surface area (Å²) in [5, 5.41) is 0. The van der Waals surface area contributed by atoms with Crippen molar-refractivity contribution in [3.63, 3.8) is 0 Å². The molecule has 0 bridgehead atoms. The molecule has 0 spiro atoms. The van der Waals surface area contributed by atoms with Gasteiger partial charge in [0, 0.05) is 0 Å². The molecule has 2 N–H and O–H groups in total. The minimum Gasteiger partial charge on any atom is -0.496 e. The van der Waals surface area contributed by atoms with Crippen molar-refractivity contribution in [2.45, 2.75) is 0 Å². The third-order valence-corrected chi connectivity index (χ3v) is 3.18. The number of fused-ring (bicyclic) bond motifs is 1. The summed E-state index contributed by atoms with van der Waals surface area (Å²) in [5.41, 5.74) is 5.66. The molecule has 1 aliphatic carbocycles. The molecule has 0 atom stereocenters. The van der Waals surface area contributed by atoms with Gasteiger partial charge in [0.2, 0.25) is 11.6 Å². The van der Waals surface area contributed by atoms with Crippen LogP contribution in [0, 0.1) is 0 Å². The first-order chi connectivity index (χ1) is 8.52. The number of rotatable bonds is 2. The minimum absolute atomic E-state index is 0.0703. The maximum atomic E-state index is 12.1. The van der Waals surface area contributed by atoms with E-state index in [-0.39, 0.29) is 27.5 Å². The monoisotopic (exact) mass is 265 g/mol. The second-order valence-electron chi connectivity index (χ2n) is 3.64. The van der Waals surface area contributed by atoms with Crippen LogP contribution in [-0.2, 0) is 0 Å². The van der Waals surface area contributed by atoms with E-state index in [9.17, 15) is 9.59 Å². The van der Waals surface area contributed by atoms with Crippen LogP contribution in [0.1, 0.15) is 20.7 Å². The summed E-state index contributed by atoms with van der Waals surface area (Å²) in [5.74, 6) is -0.345. The number of ether oxygens (including phenoxy) is 2. The Balaban J connectivity index is 2.83. The van der Waals surface area contributed by atoms with Crippen molar-refractivity contribution in [1.29, 1.82) is 0 Å². The second-order valence-corrected chi connectivity index (χ2v) is 4.09. The zero-order valence-electron chi connectivity index (χ0n) is 9.81. The van der Waals surface area contributed by atoms with Crippen LogP contribution in [0.4, 0.5) is 0 Å². The van der Waals surface area contributed by atoms with Crippen molar-refractivity contribution in [3.05, 3.63) is 33.9 Å². The van der Waals surface area contributed by atoms with E-state index < -0.39 is 11.6 Å². The first kappa shape index (κ1) is 12.5. The van der Waals surface area contributed by atoms with Crippen LogP contribution in [0.2, 0.25) is 0 Å². The highest BCUT2D eigenvalue weighted by molar-refractivity contribution is 7.85. The largest absolute Gasteiger partial charge is 0.496 e. The van der Waals surface area contributed by atoms with Gasteiger partial charge in [0.25, 0.3) is 0 Å². The molecule has 1 aromatic rings. The average molecular weight is 265 g/mol. The lowest BCUT2D eigenvalue weighted by Crippen LogP contribution is -2.25. The summed E-state index contributed by atoms with van der Waals surface area (Å²) in [6.07, 6.45) is 0. The predicted octanol–water partition coefficient (Wildman–Crippen LogP) is 1.18. The molecule has 5 nitrogen and oxygen atoms in total. The molecule has 6 heteroatoms. The van der Waals surface area contributed by atoms with Gasteiger partial charge in [0.05, 0.1) is 35.9 Å². The van der Waals surface area contributed by atoms with Gasteiger partial charge in [-0.05, 0) is 12.1 Å². The molecule has 2 rings (SSSR count). The van der Waals surface area contributed by atoms with Crippen LogP contribution < -0.4 is 15.2 Å². The Morgan fingerprint density at radius 2 is 1.44 bits per heavy atom. The second kappa shape index (κ2) is 4.38. The molecule has 0 amide bonds. The highest BCUT2D eigenvalue weighted by Crippen LogP contribution is 2.37. The van der Waals surface area contributed by atoms with E-state index in [2.05, 4.69) is 12.6 Å². The maximum absolute atomic E-state index is 12.1. The molecular weight excluding hydrogens is 254 g/mol. The summed E-state index contributed by atoms with van der Waals surface area (Å²) < 4.78 is 10.2. The van der Waals surface area contributed by atoms with Crippen molar-refractivity contribution < 1.29 is 19.1 Å². The van der Waals surface area contributed by atoms with Gasteiger partial charge in [-0.2, -0.15) is 0 Å². The summed E-state index contributed by atoms with van der Waals surface area (Å²) in [6, 6.07) is 3.12. The van der Waals surface area contributed by atoms with E-state index >= 15 is 0 Å². The van der Waals surface area contributed by atoms with Gasteiger partial charge in [-0.3, -0.25) is 9.59 Å². The van der Waals surface area contributed by atoms with Crippen molar-refractivity contribution >= 4 is 24.2 Å². The summed E-state index contributed by atoms with van der Waals surface area (Å²) in [4.78, 5) is 24.1. The Labute approximate surface area is 109 Å². The molecule has 0 fully saturated rings. The third kappa shape index (κ3) is 1.57. The number of methoxy groups -OCH3 is 2. The maximum Gasteiger partial charge on any atom is 0.214 e. The summed E-state index contributed by atoms with van der Waals surface area (Å²) >= 11 is 3.97. The summed E-state index contributed by atoms with van der Waals surface area (Å²) in [6.45, 7) is 0. The number of benzene rings is 1. The molecule has 0 aliphatic heterocycles. The molecular formula is C12H11NO4S. The Bertz CT molecular complexity index is 541. The molecule has 0 radical (unpaired) electrons. The number of allylic oxidation sites excluding steroid dienone is 2. The van der Waals surface area contributed by atoms with Crippen LogP contribution >= 0.6 is 12.6 Å². The fourth-order valence-corrected chi connectivity index (χ4v) is 2.05. The fourth-order valence-electron chi connectivity index (χ4n) is 1.84. The van der Waals surface area contributed by atoms with E-state index in [1.807, 2.05) is 0 Å². The first-order valence-corrected chi connectivity index (χ1v) is 5.50. The Morgan fingerprint density at radius 3 is 1.89 bits per heavy atom. The summed E-state index contributed by atoms with van der Waals surface area (Å²) in [7, 11) is 2.83. The van der Waals surface area contributed by atoms with Crippen LogP contribution in [0.3, 0.4) is 0 Å². The van der Waals surface area contributed by atoms with E-state index in [0.29, 0.717) is 5.75 Å².